The normalized spacial score (nSPS) is 12.4. The first-order chi connectivity index (χ1) is 6.66. The van der Waals surface area contributed by atoms with E-state index in [0.29, 0.717) is 12.1 Å². The number of carboxylic acid groups (broad SMARTS) is 1. The first-order valence-corrected chi connectivity index (χ1v) is 5.43. The highest BCUT2D eigenvalue weighted by molar-refractivity contribution is 14.1. The summed E-state index contributed by atoms with van der Waals surface area (Å²) in [4.78, 5) is 18.8. The van der Waals surface area contributed by atoms with Gasteiger partial charge in [-0.1, -0.05) is 13.3 Å². The van der Waals surface area contributed by atoms with Crippen molar-refractivity contribution in [1.82, 2.24) is 9.97 Å². The minimum Gasteiger partial charge on any atom is -0.481 e. The molecule has 1 rings (SSSR count). The number of nitrogens with zero attached hydrogens (tertiary/aromatic N) is 2. The minimum absolute atomic E-state index is 0.505. The monoisotopic (exact) mass is 306 g/mol. The summed E-state index contributed by atoms with van der Waals surface area (Å²) in [7, 11) is 0. The van der Waals surface area contributed by atoms with Crippen LogP contribution in [0.4, 0.5) is 0 Å². The van der Waals surface area contributed by atoms with Gasteiger partial charge in [0, 0.05) is 6.20 Å². The van der Waals surface area contributed by atoms with Crippen molar-refractivity contribution in [2.45, 2.75) is 25.7 Å². The molecule has 0 aromatic carbocycles. The van der Waals surface area contributed by atoms with Crippen molar-refractivity contribution >= 4 is 28.6 Å². The number of hydrogen-bond acceptors (Lipinski definition) is 3. The molecule has 0 aliphatic carbocycles. The van der Waals surface area contributed by atoms with Gasteiger partial charge in [0.1, 0.15) is 12.2 Å². The molecule has 4 nitrogen and oxygen atoms in total. The van der Waals surface area contributed by atoms with Gasteiger partial charge in [0.15, 0.2) is 0 Å². The van der Waals surface area contributed by atoms with Crippen molar-refractivity contribution < 1.29 is 9.90 Å². The van der Waals surface area contributed by atoms with E-state index in [9.17, 15) is 4.79 Å². The van der Waals surface area contributed by atoms with Crippen molar-refractivity contribution in [3.63, 3.8) is 0 Å². The van der Waals surface area contributed by atoms with Crippen LogP contribution in [0.3, 0.4) is 0 Å². The highest BCUT2D eigenvalue weighted by Gasteiger charge is 2.22. The van der Waals surface area contributed by atoms with Crippen LogP contribution in [0.5, 0.6) is 0 Å². The van der Waals surface area contributed by atoms with Gasteiger partial charge < -0.3 is 5.11 Å². The molecule has 1 unspecified atom stereocenters. The van der Waals surface area contributed by atoms with E-state index in [1.807, 2.05) is 6.92 Å². The van der Waals surface area contributed by atoms with E-state index in [1.54, 1.807) is 6.20 Å². The number of carbonyl (C=O) groups is 1. The maximum atomic E-state index is 11.0. The van der Waals surface area contributed by atoms with Crippen LogP contribution in [0.15, 0.2) is 12.5 Å². The minimum atomic E-state index is -0.816. The second kappa shape index (κ2) is 5.23. The average Bonchev–Trinajstić information content (AvgIpc) is 2.15. The third-order valence-corrected chi connectivity index (χ3v) is 2.73. The molecule has 14 heavy (non-hydrogen) atoms. The maximum absolute atomic E-state index is 11.0. The summed E-state index contributed by atoms with van der Waals surface area (Å²) < 4.78 is 0.811. The summed E-state index contributed by atoms with van der Waals surface area (Å²) in [6.07, 6.45) is 4.47. The number of hydrogen-bond donors (Lipinski definition) is 1. The Labute approximate surface area is 95.9 Å². The van der Waals surface area contributed by atoms with Gasteiger partial charge in [0.2, 0.25) is 0 Å². The van der Waals surface area contributed by atoms with E-state index in [2.05, 4.69) is 32.6 Å². The van der Waals surface area contributed by atoms with Crippen molar-refractivity contribution in [3.8, 4) is 0 Å². The summed E-state index contributed by atoms with van der Waals surface area (Å²) in [5.74, 6) is -1.32. The molecule has 0 bridgehead atoms. The van der Waals surface area contributed by atoms with E-state index in [4.69, 9.17) is 5.11 Å². The molecule has 76 valence electrons. The van der Waals surface area contributed by atoms with Crippen LogP contribution in [-0.2, 0) is 4.79 Å². The molecule has 0 radical (unpaired) electrons. The molecular formula is C9H11IN2O2. The molecule has 0 spiro atoms. The van der Waals surface area contributed by atoms with Crippen LogP contribution in [0.2, 0.25) is 0 Å². The second-order valence-corrected chi connectivity index (χ2v) is 4.10. The van der Waals surface area contributed by atoms with Crippen LogP contribution in [0, 0.1) is 3.57 Å². The smallest absolute Gasteiger partial charge is 0.312 e. The third kappa shape index (κ3) is 2.63. The van der Waals surface area contributed by atoms with Gasteiger partial charge >= 0.3 is 5.97 Å². The lowest BCUT2D eigenvalue weighted by atomic mass is 10.00. The molecule has 1 aromatic heterocycles. The van der Waals surface area contributed by atoms with Gasteiger partial charge in [-0.15, -0.1) is 0 Å². The average molecular weight is 306 g/mol. The summed E-state index contributed by atoms with van der Waals surface area (Å²) in [5, 5.41) is 9.02. The highest BCUT2D eigenvalue weighted by atomic mass is 127. The van der Waals surface area contributed by atoms with Crippen molar-refractivity contribution in [3.05, 3.63) is 21.8 Å². The fourth-order valence-corrected chi connectivity index (χ4v) is 1.92. The SMILES string of the molecule is CCCC(C(=O)O)c1ncncc1I. The zero-order valence-electron chi connectivity index (χ0n) is 7.77. The fourth-order valence-electron chi connectivity index (χ4n) is 1.24. The number of halogens is 1. The van der Waals surface area contributed by atoms with Gasteiger partial charge in [-0.25, -0.2) is 9.97 Å². The van der Waals surface area contributed by atoms with Crippen molar-refractivity contribution in [2.24, 2.45) is 0 Å². The predicted molar refractivity (Wildman–Crippen MR) is 60.0 cm³/mol. The van der Waals surface area contributed by atoms with Crippen LogP contribution in [0.25, 0.3) is 0 Å². The summed E-state index contributed by atoms with van der Waals surface area (Å²) in [6, 6.07) is 0. The van der Waals surface area contributed by atoms with Crippen LogP contribution in [-0.4, -0.2) is 21.0 Å². The van der Waals surface area contributed by atoms with E-state index in [0.717, 1.165) is 9.99 Å². The topological polar surface area (TPSA) is 63.1 Å². The lowest BCUT2D eigenvalue weighted by Gasteiger charge is -2.11. The molecule has 0 aliphatic rings. The zero-order chi connectivity index (χ0) is 10.6. The maximum Gasteiger partial charge on any atom is 0.312 e. The van der Waals surface area contributed by atoms with Gasteiger partial charge in [0.05, 0.1) is 9.26 Å². The Balaban J connectivity index is 2.99. The summed E-state index contributed by atoms with van der Waals surface area (Å²) in [5.41, 5.74) is 0.620. The first-order valence-electron chi connectivity index (χ1n) is 4.35. The highest BCUT2D eigenvalue weighted by Crippen LogP contribution is 2.23. The van der Waals surface area contributed by atoms with Gasteiger partial charge in [-0.05, 0) is 29.0 Å². The molecule has 0 aliphatic heterocycles. The zero-order valence-corrected chi connectivity index (χ0v) is 9.93. The fraction of sp³-hybridized carbons (Fsp3) is 0.444. The third-order valence-electron chi connectivity index (χ3n) is 1.90. The van der Waals surface area contributed by atoms with Crippen molar-refractivity contribution in [2.75, 3.05) is 0 Å². The second-order valence-electron chi connectivity index (χ2n) is 2.94. The molecule has 5 heteroatoms. The molecule has 1 aromatic rings. The lowest BCUT2D eigenvalue weighted by Crippen LogP contribution is -2.14. The molecule has 0 saturated heterocycles. The molecule has 1 N–H and O–H groups in total. The Kier molecular flexibility index (Phi) is 4.24. The largest absolute Gasteiger partial charge is 0.481 e. The predicted octanol–water partition coefficient (Wildman–Crippen LogP) is 2.05. The van der Waals surface area contributed by atoms with Gasteiger partial charge in [-0.3, -0.25) is 4.79 Å². The van der Waals surface area contributed by atoms with Crippen molar-refractivity contribution in [1.29, 1.82) is 0 Å². The molecule has 1 heterocycles. The molecular weight excluding hydrogens is 295 g/mol. The van der Waals surface area contributed by atoms with Crippen LogP contribution < -0.4 is 0 Å². The van der Waals surface area contributed by atoms with E-state index < -0.39 is 11.9 Å². The quantitative estimate of drug-likeness (QED) is 0.865. The van der Waals surface area contributed by atoms with Gasteiger partial charge in [0.25, 0.3) is 0 Å². The van der Waals surface area contributed by atoms with Gasteiger partial charge in [-0.2, -0.15) is 0 Å². The lowest BCUT2D eigenvalue weighted by molar-refractivity contribution is -0.139. The molecule has 1 atom stereocenters. The summed E-state index contributed by atoms with van der Waals surface area (Å²) in [6.45, 7) is 1.96. The number of carboxylic acids is 1. The van der Waals surface area contributed by atoms with Crippen LogP contribution in [0.1, 0.15) is 31.4 Å². The Morgan fingerprint density at radius 3 is 2.93 bits per heavy atom. The molecule has 0 saturated carbocycles. The number of aromatic nitrogens is 2. The number of aliphatic carboxylic acids is 1. The first kappa shape index (κ1) is 11.4. The Morgan fingerprint density at radius 1 is 1.71 bits per heavy atom. The van der Waals surface area contributed by atoms with E-state index in [-0.39, 0.29) is 0 Å². The Morgan fingerprint density at radius 2 is 2.43 bits per heavy atom. The van der Waals surface area contributed by atoms with E-state index in [1.165, 1.54) is 6.33 Å². The molecule has 0 fully saturated rings. The Hall–Kier alpha value is -0.720. The van der Waals surface area contributed by atoms with Crippen LogP contribution >= 0.6 is 22.6 Å². The Bertz CT molecular complexity index is 330. The number of rotatable bonds is 4. The van der Waals surface area contributed by atoms with E-state index >= 15 is 0 Å². The summed E-state index contributed by atoms with van der Waals surface area (Å²) >= 11 is 2.06. The molecule has 0 amide bonds. The standard InChI is InChI=1S/C9H11IN2O2/c1-2-3-6(9(13)14)8-7(10)4-11-5-12-8/h4-6H,2-3H2,1H3,(H,13,14).